The first-order valence-electron chi connectivity index (χ1n) is 7.66. The topological polar surface area (TPSA) is 54.5 Å². The minimum Gasteiger partial charge on any atom is -0.324 e. The van der Waals surface area contributed by atoms with Gasteiger partial charge in [-0.3, -0.25) is 4.79 Å². The molecule has 128 valence electrons. The lowest BCUT2D eigenvalue weighted by molar-refractivity contribution is 0.0793. The highest BCUT2D eigenvalue weighted by atomic mass is 32.2. The molecule has 0 N–H and O–H groups in total. The average Bonchev–Trinajstić information content (AvgIpc) is 2.61. The van der Waals surface area contributed by atoms with Gasteiger partial charge in [-0.2, -0.15) is 0 Å². The van der Waals surface area contributed by atoms with Gasteiger partial charge in [0.2, 0.25) is 0 Å². The second-order valence-corrected chi connectivity index (χ2v) is 7.45. The first-order chi connectivity index (χ1) is 11.9. The second-order valence-electron chi connectivity index (χ2n) is 5.44. The van der Waals surface area contributed by atoms with Crippen molar-refractivity contribution in [3.63, 3.8) is 0 Å². The van der Waals surface area contributed by atoms with Gasteiger partial charge in [-0.1, -0.05) is 36.1 Å². The summed E-state index contributed by atoms with van der Waals surface area (Å²) in [6.45, 7) is 4.28. The van der Waals surface area contributed by atoms with Crippen LogP contribution in [0.3, 0.4) is 0 Å². The van der Waals surface area contributed by atoms with Crippen LogP contribution in [0.2, 0.25) is 0 Å². The third-order valence-electron chi connectivity index (χ3n) is 3.44. The van der Waals surface area contributed by atoms with Gasteiger partial charge in [0.1, 0.15) is 0 Å². The fourth-order valence-corrected chi connectivity index (χ4v) is 2.79. The number of nitrogens with zero attached hydrogens (tertiary/aromatic N) is 1. The molecule has 0 aliphatic rings. The summed E-state index contributed by atoms with van der Waals surface area (Å²) in [5, 5.41) is 0. The summed E-state index contributed by atoms with van der Waals surface area (Å²) in [4.78, 5) is 14.3. The van der Waals surface area contributed by atoms with E-state index in [4.69, 9.17) is 0 Å². The fraction of sp³-hybridized carbons (Fsp3) is 0.150. The number of sulfone groups is 1. The Hall–Kier alpha value is -2.84. The van der Waals surface area contributed by atoms with E-state index in [1.165, 1.54) is 24.3 Å². The first kappa shape index (κ1) is 18.5. The third kappa shape index (κ3) is 5.33. The Balaban J connectivity index is 2.15. The zero-order chi connectivity index (χ0) is 18.3. The minimum absolute atomic E-state index is 0.184. The summed E-state index contributed by atoms with van der Waals surface area (Å²) in [6, 6.07) is 15.4. The molecule has 0 spiro atoms. The van der Waals surface area contributed by atoms with Crippen molar-refractivity contribution < 1.29 is 13.2 Å². The molecular weight excluding hydrogens is 334 g/mol. The number of hydrogen-bond acceptors (Lipinski definition) is 3. The number of amides is 1. The van der Waals surface area contributed by atoms with Crippen LogP contribution in [0.15, 0.2) is 72.1 Å². The highest BCUT2D eigenvalue weighted by Gasteiger charge is 2.15. The zero-order valence-electron chi connectivity index (χ0n) is 14.0. The van der Waals surface area contributed by atoms with Crippen molar-refractivity contribution in [2.24, 2.45) is 0 Å². The fourth-order valence-electron chi connectivity index (χ4n) is 2.16. The molecule has 2 aromatic rings. The summed E-state index contributed by atoms with van der Waals surface area (Å²) < 4.78 is 23.0. The molecule has 2 rings (SSSR count). The van der Waals surface area contributed by atoms with E-state index in [1.807, 2.05) is 30.3 Å². The van der Waals surface area contributed by atoms with Gasteiger partial charge >= 0.3 is 0 Å². The van der Waals surface area contributed by atoms with Crippen LogP contribution in [0, 0.1) is 11.8 Å². The first-order valence-corrected chi connectivity index (χ1v) is 9.55. The van der Waals surface area contributed by atoms with Crippen molar-refractivity contribution in [2.75, 3.05) is 19.3 Å². The van der Waals surface area contributed by atoms with E-state index in [0.717, 1.165) is 11.8 Å². The van der Waals surface area contributed by atoms with Crippen LogP contribution in [0.5, 0.6) is 0 Å². The monoisotopic (exact) mass is 353 g/mol. The average molecular weight is 353 g/mol. The predicted molar refractivity (Wildman–Crippen MR) is 99.0 cm³/mol. The lowest BCUT2D eigenvalue weighted by Gasteiger charge is -2.18. The van der Waals surface area contributed by atoms with Gasteiger partial charge in [-0.05, 0) is 36.4 Å². The van der Waals surface area contributed by atoms with Crippen LogP contribution >= 0.6 is 0 Å². The molecule has 25 heavy (non-hydrogen) atoms. The van der Waals surface area contributed by atoms with Crippen molar-refractivity contribution in [3.05, 3.63) is 78.4 Å². The molecule has 0 saturated carbocycles. The maximum Gasteiger partial charge on any atom is 0.254 e. The van der Waals surface area contributed by atoms with Crippen molar-refractivity contribution in [1.29, 1.82) is 0 Å². The normalized spacial score (nSPS) is 10.4. The Morgan fingerprint density at radius 1 is 1.12 bits per heavy atom. The molecule has 1 amide bonds. The summed E-state index contributed by atoms with van der Waals surface area (Å²) in [5.74, 6) is 5.78. The Kier molecular flexibility index (Phi) is 6.15. The van der Waals surface area contributed by atoms with Crippen molar-refractivity contribution in [2.45, 2.75) is 4.90 Å². The molecule has 0 saturated heterocycles. The molecule has 0 radical (unpaired) electrons. The van der Waals surface area contributed by atoms with Gasteiger partial charge in [0.25, 0.3) is 5.91 Å². The van der Waals surface area contributed by atoms with E-state index >= 15 is 0 Å². The van der Waals surface area contributed by atoms with Crippen LogP contribution in [-0.4, -0.2) is 38.6 Å². The zero-order valence-corrected chi connectivity index (χ0v) is 14.8. The summed E-state index contributed by atoms with van der Waals surface area (Å²) in [5.41, 5.74) is 1.29. The van der Waals surface area contributed by atoms with E-state index in [-0.39, 0.29) is 17.3 Å². The molecule has 4 nitrogen and oxygen atoms in total. The van der Waals surface area contributed by atoms with Gasteiger partial charge in [0.15, 0.2) is 9.84 Å². The van der Waals surface area contributed by atoms with E-state index in [0.29, 0.717) is 12.1 Å². The number of carbonyl (C=O) groups excluding carboxylic acids is 1. The number of hydrogen-bond donors (Lipinski definition) is 0. The van der Waals surface area contributed by atoms with Gasteiger partial charge in [-0.25, -0.2) is 8.42 Å². The van der Waals surface area contributed by atoms with Crippen molar-refractivity contribution in [3.8, 4) is 11.8 Å². The lowest BCUT2D eigenvalue weighted by atomic mass is 10.2. The smallest absolute Gasteiger partial charge is 0.254 e. The van der Waals surface area contributed by atoms with Gasteiger partial charge in [0.05, 0.1) is 11.4 Å². The molecule has 0 aromatic heterocycles. The second kappa shape index (κ2) is 8.32. The van der Waals surface area contributed by atoms with Crippen LogP contribution in [0.25, 0.3) is 0 Å². The summed E-state index contributed by atoms with van der Waals surface area (Å²) in [6.07, 6.45) is 2.76. The Labute approximate surface area is 148 Å². The van der Waals surface area contributed by atoms with Crippen molar-refractivity contribution in [1.82, 2.24) is 4.90 Å². The molecule has 0 unspecified atom stereocenters. The molecule has 0 atom stereocenters. The largest absolute Gasteiger partial charge is 0.324 e. The van der Waals surface area contributed by atoms with Gasteiger partial charge in [-0.15, -0.1) is 6.58 Å². The van der Waals surface area contributed by atoms with E-state index in [9.17, 15) is 13.2 Å². The van der Waals surface area contributed by atoms with Crippen LogP contribution in [0.4, 0.5) is 0 Å². The maximum absolute atomic E-state index is 12.6. The summed E-state index contributed by atoms with van der Waals surface area (Å²) >= 11 is 0. The molecular formula is C20H19NO3S. The molecule has 0 aliphatic carbocycles. The number of benzene rings is 2. The van der Waals surface area contributed by atoms with Crippen LogP contribution in [0.1, 0.15) is 15.9 Å². The number of rotatable bonds is 5. The van der Waals surface area contributed by atoms with Crippen LogP contribution in [-0.2, 0) is 9.84 Å². The summed E-state index contributed by atoms with van der Waals surface area (Å²) in [7, 11) is -3.28. The highest BCUT2D eigenvalue weighted by Crippen LogP contribution is 2.12. The Morgan fingerprint density at radius 3 is 2.32 bits per heavy atom. The molecule has 5 heteroatoms. The molecule has 2 aromatic carbocycles. The van der Waals surface area contributed by atoms with Gasteiger partial charge < -0.3 is 4.90 Å². The number of carbonyl (C=O) groups is 1. The van der Waals surface area contributed by atoms with Crippen molar-refractivity contribution >= 4 is 15.7 Å². The van der Waals surface area contributed by atoms with Crippen LogP contribution < -0.4 is 0 Å². The Bertz CT molecular complexity index is 905. The van der Waals surface area contributed by atoms with E-state index in [2.05, 4.69) is 18.4 Å². The molecule has 0 fully saturated rings. The Morgan fingerprint density at radius 2 is 1.76 bits per heavy atom. The molecule has 0 bridgehead atoms. The highest BCUT2D eigenvalue weighted by molar-refractivity contribution is 7.90. The van der Waals surface area contributed by atoms with E-state index < -0.39 is 9.84 Å². The standard InChI is InChI=1S/C20H19NO3S/c1-3-15-21(16-7-10-17-8-5-4-6-9-17)20(22)18-11-13-19(14-12-18)25(2,23)24/h3-6,8-9,11-14H,1,15-16H2,2H3. The SMILES string of the molecule is C=CCN(CC#Cc1ccccc1)C(=O)c1ccc(S(C)(=O)=O)cc1. The minimum atomic E-state index is -3.28. The third-order valence-corrected chi connectivity index (χ3v) is 4.57. The molecule has 0 aliphatic heterocycles. The quantitative estimate of drug-likeness (QED) is 0.613. The van der Waals surface area contributed by atoms with Gasteiger partial charge in [0, 0.05) is 23.9 Å². The van der Waals surface area contributed by atoms with E-state index in [1.54, 1.807) is 11.0 Å². The predicted octanol–water partition coefficient (Wildman–Crippen LogP) is 2.77. The molecule has 0 heterocycles. The lowest BCUT2D eigenvalue weighted by Crippen LogP contribution is -2.31. The maximum atomic E-state index is 12.6.